The van der Waals surface area contributed by atoms with Crippen molar-refractivity contribution in [1.29, 1.82) is 0 Å². The van der Waals surface area contributed by atoms with Gasteiger partial charge in [0.25, 0.3) is 0 Å². The van der Waals surface area contributed by atoms with Gasteiger partial charge in [-0.05, 0) is 30.3 Å². The molecule has 0 aliphatic carbocycles. The van der Waals surface area contributed by atoms with Gasteiger partial charge in [0, 0.05) is 20.9 Å². The van der Waals surface area contributed by atoms with Gasteiger partial charge in [0.1, 0.15) is 28.8 Å². The Hall–Kier alpha value is -4.88. The van der Waals surface area contributed by atoms with Gasteiger partial charge in [0.15, 0.2) is 5.82 Å². The first-order valence-corrected chi connectivity index (χ1v) is 13.7. The van der Waals surface area contributed by atoms with E-state index in [1.165, 1.54) is 4.70 Å². The predicted molar refractivity (Wildman–Crippen MR) is 160 cm³/mol. The van der Waals surface area contributed by atoms with Crippen LogP contribution in [0.5, 0.6) is 0 Å². The molecule has 1 aliphatic heterocycles. The van der Waals surface area contributed by atoms with Crippen molar-refractivity contribution in [2.75, 3.05) is 4.90 Å². The minimum atomic E-state index is -0.202. The molecule has 0 N–H and O–H groups in total. The lowest BCUT2D eigenvalue weighted by atomic mass is 9.39. The van der Waals surface area contributed by atoms with Gasteiger partial charge in [-0.1, -0.05) is 78.3 Å². The highest BCUT2D eigenvalue weighted by Crippen LogP contribution is 2.47. The van der Waals surface area contributed by atoms with Crippen LogP contribution in [0.15, 0.2) is 118 Å². The lowest BCUT2D eigenvalue weighted by Crippen LogP contribution is -2.56. The fraction of sp³-hybridized carbons (Fsp3) is 0. The molecule has 0 saturated carbocycles. The number of para-hydroxylation sites is 2. The Labute approximate surface area is 227 Å². The van der Waals surface area contributed by atoms with Gasteiger partial charge in [-0.25, -0.2) is 9.97 Å². The summed E-state index contributed by atoms with van der Waals surface area (Å²) in [6.07, 6.45) is 1.67. The SMILES string of the molecule is c1ccc(B2c3oc4ccccc4c3N(c3ncnc4c3sc3ccccc34)c3c2oc2ccccc32)cc1. The van der Waals surface area contributed by atoms with Crippen molar-refractivity contribution < 1.29 is 8.83 Å². The third-order valence-electron chi connectivity index (χ3n) is 7.65. The second kappa shape index (κ2) is 7.82. The van der Waals surface area contributed by atoms with Crippen molar-refractivity contribution in [3.63, 3.8) is 0 Å². The Morgan fingerprint density at radius 2 is 1.21 bits per heavy atom. The maximum absolute atomic E-state index is 6.69. The smallest absolute Gasteiger partial charge is 0.338 e. The van der Waals surface area contributed by atoms with Crippen LogP contribution in [0.3, 0.4) is 0 Å². The Bertz CT molecular complexity index is 2130. The summed E-state index contributed by atoms with van der Waals surface area (Å²) in [6.45, 7) is -0.202. The van der Waals surface area contributed by atoms with Crippen molar-refractivity contribution in [2.24, 2.45) is 0 Å². The number of anilines is 3. The van der Waals surface area contributed by atoms with Crippen LogP contribution < -0.4 is 21.7 Å². The van der Waals surface area contributed by atoms with Crippen LogP contribution in [-0.2, 0) is 0 Å². The van der Waals surface area contributed by atoms with E-state index in [-0.39, 0.29) is 6.71 Å². The Kier molecular flexibility index (Phi) is 4.23. The molecule has 5 heterocycles. The molecule has 4 aromatic heterocycles. The molecular formula is C32H18BN3O2S. The topological polar surface area (TPSA) is 55.3 Å². The second-order valence-corrected chi connectivity index (χ2v) is 10.8. The van der Waals surface area contributed by atoms with E-state index in [0.717, 1.165) is 71.5 Å². The van der Waals surface area contributed by atoms with Crippen LogP contribution in [0.2, 0.25) is 0 Å². The molecule has 5 nitrogen and oxygen atoms in total. The normalized spacial score (nSPS) is 13.0. The maximum atomic E-state index is 6.69. The van der Waals surface area contributed by atoms with E-state index < -0.39 is 0 Å². The summed E-state index contributed by atoms with van der Waals surface area (Å²) in [7, 11) is 0. The summed E-state index contributed by atoms with van der Waals surface area (Å²) in [4.78, 5) is 11.9. The highest BCUT2D eigenvalue weighted by Gasteiger charge is 2.45. The van der Waals surface area contributed by atoms with Gasteiger partial charge < -0.3 is 8.83 Å². The zero-order valence-electron chi connectivity index (χ0n) is 20.5. The standard InChI is InChI=1S/C32H18BN3O2S/c1-2-10-19(11-3-1)33-30-27(20-12-4-7-15-23(20)37-30)36(28-21-13-5-8-16-24(21)38-31(28)33)32-29-26(34-18-35-32)22-14-6-9-17-25(22)39-29/h1-18H. The van der Waals surface area contributed by atoms with Gasteiger partial charge in [-0.3, -0.25) is 4.90 Å². The third-order valence-corrected chi connectivity index (χ3v) is 8.80. The number of aromatic nitrogens is 2. The highest BCUT2D eigenvalue weighted by atomic mass is 32.1. The van der Waals surface area contributed by atoms with E-state index in [9.17, 15) is 0 Å². The number of hydrogen-bond acceptors (Lipinski definition) is 6. The van der Waals surface area contributed by atoms with Gasteiger partial charge in [-0.15, -0.1) is 11.3 Å². The average Bonchev–Trinajstić information content (AvgIpc) is 3.68. The molecular weight excluding hydrogens is 501 g/mol. The lowest BCUT2D eigenvalue weighted by molar-refractivity contribution is 0.636. The summed E-state index contributed by atoms with van der Waals surface area (Å²) in [5, 5.41) is 3.21. The summed E-state index contributed by atoms with van der Waals surface area (Å²) < 4.78 is 15.6. The quantitative estimate of drug-likeness (QED) is 0.240. The van der Waals surface area contributed by atoms with E-state index in [1.807, 2.05) is 30.3 Å². The fourth-order valence-corrected chi connectivity index (χ4v) is 7.15. The molecule has 39 heavy (non-hydrogen) atoms. The van der Waals surface area contributed by atoms with Crippen LogP contribution in [0.25, 0.3) is 42.2 Å². The number of hydrogen-bond donors (Lipinski definition) is 0. The molecule has 0 bridgehead atoms. The summed E-state index contributed by atoms with van der Waals surface area (Å²) in [6, 6.07) is 35.3. The number of benzene rings is 4. The van der Waals surface area contributed by atoms with Crippen LogP contribution in [0.4, 0.5) is 17.2 Å². The first kappa shape index (κ1) is 21.1. The van der Waals surface area contributed by atoms with Crippen LogP contribution in [0.1, 0.15) is 0 Å². The summed E-state index contributed by atoms with van der Waals surface area (Å²) >= 11 is 1.72. The van der Waals surface area contributed by atoms with Gasteiger partial charge in [0.2, 0.25) is 0 Å². The van der Waals surface area contributed by atoms with Crippen molar-refractivity contribution in [3.8, 4) is 0 Å². The number of nitrogens with zero attached hydrogens (tertiary/aromatic N) is 3. The van der Waals surface area contributed by atoms with Crippen molar-refractivity contribution in [2.45, 2.75) is 0 Å². The number of fused-ring (bicyclic) bond motifs is 9. The van der Waals surface area contributed by atoms with Gasteiger partial charge in [0.05, 0.1) is 21.6 Å². The number of thiophene rings is 1. The Morgan fingerprint density at radius 3 is 1.90 bits per heavy atom. The molecule has 0 amide bonds. The first-order valence-electron chi connectivity index (χ1n) is 12.9. The Balaban J connectivity index is 1.46. The Morgan fingerprint density at radius 1 is 0.615 bits per heavy atom. The van der Waals surface area contributed by atoms with Crippen LogP contribution in [-0.4, -0.2) is 16.7 Å². The zero-order valence-corrected chi connectivity index (χ0v) is 21.4. The molecule has 8 aromatic rings. The number of furan rings is 2. The largest absolute Gasteiger partial charge is 0.468 e. The second-order valence-electron chi connectivity index (χ2n) is 9.77. The molecule has 0 spiro atoms. The molecule has 0 radical (unpaired) electrons. The highest BCUT2D eigenvalue weighted by molar-refractivity contribution is 7.26. The summed E-state index contributed by atoms with van der Waals surface area (Å²) in [5.41, 5.74) is 7.44. The van der Waals surface area contributed by atoms with E-state index in [4.69, 9.17) is 18.8 Å². The summed E-state index contributed by atoms with van der Waals surface area (Å²) in [5.74, 6) is 0.827. The average molecular weight is 519 g/mol. The minimum Gasteiger partial charge on any atom is -0.468 e. The minimum absolute atomic E-state index is 0.202. The van der Waals surface area contributed by atoms with Crippen LogP contribution >= 0.6 is 11.3 Å². The molecule has 7 heteroatoms. The van der Waals surface area contributed by atoms with E-state index in [2.05, 4.69) is 77.7 Å². The zero-order chi connectivity index (χ0) is 25.5. The molecule has 0 atom stereocenters. The van der Waals surface area contributed by atoms with E-state index in [0.29, 0.717) is 0 Å². The van der Waals surface area contributed by atoms with E-state index >= 15 is 0 Å². The van der Waals surface area contributed by atoms with E-state index in [1.54, 1.807) is 17.7 Å². The lowest BCUT2D eigenvalue weighted by Gasteiger charge is -2.30. The van der Waals surface area contributed by atoms with Gasteiger partial charge >= 0.3 is 6.71 Å². The van der Waals surface area contributed by atoms with Crippen molar-refractivity contribution in [1.82, 2.24) is 9.97 Å². The molecule has 0 saturated heterocycles. The maximum Gasteiger partial charge on any atom is 0.338 e. The fourth-order valence-electron chi connectivity index (χ4n) is 6.02. The molecule has 0 unspecified atom stereocenters. The van der Waals surface area contributed by atoms with Crippen LogP contribution in [0, 0.1) is 0 Å². The molecule has 1 aliphatic rings. The predicted octanol–water partition coefficient (Wildman–Crippen LogP) is 6.64. The molecule has 4 aromatic carbocycles. The molecule has 182 valence electrons. The monoisotopic (exact) mass is 519 g/mol. The first-order chi connectivity index (χ1) is 19.4. The number of rotatable bonds is 2. The third kappa shape index (κ3) is 2.85. The van der Waals surface area contributed by atoms with Gasteiger partial charge in [-0.2, -0.15) is 0 Å². The molecule has 0 fully saturated rings. The van der Waals surface area contributed by atoms with Crippen molar-refractivity contribution >= 4 is 94.3 Å². The molecule has 9 rings (SSSR count). The van der Waals surface area contributed by atoms with Crippen molar-refractivity contribution in [3.05, 3.63) is 109 Å².